The number of nitrogens with one attached hydrogen (secondary N) is 1. The van der Waals surface area contributed by atoms with E-state index in [0.717, 1.165) is 10.8 Å². The number of pyridine rings is 2. The number of rotatable bonds is 0. The fourth-order valence-electron chi connectivity index (χ4n) is 1.67. The molecule has 3 aromatic rings. The van der Waals surface area contributed by atoms with Crippen molar-refractivity contribution in [3.05, 3.63) is 18.3 Å². The van der Waals surface area contributed by atoms with Gasteiger partial charge in [-0.2, -0.15) is 5.10 Å². The van der Waals surface area contributed by atoms with Crippen molar-refractivity contribution in [1.29, 1.82) is 0 Å². The van der Waals surface area contributed by atoms with Crippen LogP contribution in [-0.4, -0.2) is 20.2 Å². The van der Waals surface area contributed by atoms with Crippen molar-refractivity contribution in [2.24, 2.45) is 0 Å². The summed E-state index contributed by atoms with van der Waals surface area (Å²) in [6, 6.07) is 3.72. The Labute approximate surface area is 84.3 Å². The van der Waals surface area contributed by atoms with Crippen LogP contribution in [0.25, 0.3) is 21.9 Å². The SMILES string of the molecule is Nc1nc2ncccc2c2c(N)n[nH]c12. The molecule has 0 fully saturated rings. The summed E-state index contributed by atoms with van der Waals surface area (Å²) in [4.78, 5) is 8.28. The van der Waals surface area contributed by atoms with Gasteiger partial charge in [-0.15, -0.1) is 0 Å². The maximum atomic E-state index is 5.76. The van der Waals surface area contributed by atoms with Gasteiger partial charge in [0.05, 0.1) is 5.39 Å². The minimum atomic E-state index is 0.361. The van der Waals surface area contributed by atoms with E-state index >= 15 is 0 Å². The molecule has 15 heavy (non-hydrogen) atoms. The van der Waals surface area contributed by atoms with Crippen LogP contribution < -0.4 is 11.5 Å². The topological polar surface area (TPSA) is 106 Å². The minimum Gasteiger partial charge on any atom is -0.382 e. The Morgan fingerprint density at radius 3 is 2.93 bits per heavy atom. The second-order valence-electron chi connectivity index (χ2n) is 3.23. The zero-order valence-corrected chi connectivity index (χ0v) is 7.73. The predicted molar refractivity (Wildman–Crippen MR) is 58.0 cm³/mol. The van der Waals surface area contributed by atoms with Gasteiger partial charge in [0, 0.05) is 11.6 Å². The van der Waals surface area contributed by atoms with Gasteiger partial charge in [0.15, 0.2) is 17.3 Å². The summed E-state index contributed by atoms with van der Waals surface area (Å²) in [7, 11) is 0. The Hall–Kier alpha value is -2.37. The van der Waals surface area contributed by atoms with Crippen LogP contribution in [0.3, 0.4) is 0 Å². The van der Waals surface area contributed by atoms with Crippen molar-refractivity contribution in [2.45, 2.75) is 0 Å². The molecule has 0 bridgehead atoms. The fraction of sp³-hybridized carbons (Fsp3) is 0. The van der Waals surface area contributed by atoms with Crippen LogP contribution in [0, 0.1) is 0 Å². The van der Waals surface area contributed by atoms with Crippen LogP contribution in [-0.2, 0) is 0 Å². The van der Waals surface area contributed by atoms with Gasteiger partial charge in [0.2, 0.25) is 0 Å². The van der Waals surface area contributed by atoms with Gasteiger partial charge < -0.3 is 11.5 Å². The Kier molecular flexibility index (Phi) is 1.37. The summed E-state index contributed by atoms with van der Waals surface area (Å²) in [5.74, 6) is 0.775. The van der Waals surface area contributed by atoms with E-state index < -0.39 is 0 Å². The first-order valence-electron chi connectivity index (χ1n) is 4.41. The van der Waals surface area contributed by atoms with E-state index in [2.05, 4.69) is 20.2 Å². The van der Waals surface area contributed by atoms with E-state index in [1.165, 1.54) is 0 Å². The highest BCUT2D eigenvalue weighted by atomic mass is 15.2. The van der Waals surface area contributed by atoms with Gasteiger partial charge >= 0.3 is 0 Å². The van der Waals surface area contributed by atoms with Crippen molar-refractivity contribution in [3.63, 3.8) is 0 Å². The smallest absolute Gasteiger partial charge is 0.162 e. The molecule has 0 amide bonds. The van der Waals surface area contributed by atoms with Crippen LogP contribution in [0.4, 0.5) is 11.6 Å². The lowest BCUT2D eigenvalue weighted by Crippen LogP contribution is -1.94. The highest BCUT2D eigenvalue weighted by Crippen LogP contribution is 2.28. The van der Waals surface area contributed by atoms with E-state index in [1.807, 2.05) is 12.1 Å². The molecule has 3 rings (SSSR count). The molecule has 0 saturated heterocycles. The van der Waals surface area contributed by atoms with Crippen LogP contribution in [0.1, 0.15) is 0 Å². The number of fused-ring (bicyclic) bond motifs is 3. The molecule has 6 heteroatoms. The van der Waals surface area contributed by atoms with Crippen LogP contribution in [0.5, 0.6) is 0 Å². The summed E-state index contributed by atoms with van der Waals surface area (Å²) in [6.07, 6.45) is 1.66. The van der Waals surface area contributed by atoms with E-state index in [4.69, 9.17) is 11.5 Å². The van der Waals surface area contributed by atoms with Crippen LogP contribution in [0.2, 0.25) is 0 Å². The van der Waals surface area contributed by atoms with Crippen molar-refractivity contribution in [1.82, 2.24) is 20.2 Å². The Balaban J connectivity index is 2.67. The lowest BCUT2D eigenvalue weighted by atomic mass is 10.2. The van der Waals surface area contributed by atoms with Crippen molar-refractivity contribution in [2.75, 3.05) is 11.5 Å². The van der Waals surface area contributed by atoms with Crippen LogP contribution >= 0.6 is 0 Å². The number of hydrogen-bond acceptors (Lipinski definition) is 5. The average molecular weight is 200 g/mol. The maximum Gasteiger partial charge on any atom is 0.162 e. The molecule has 6 nitrogen and oxygen atoms in total. The number of hydrogen-bond donors (Lipinski definition) is 3. The minimum absolute atomic E-state index is 0.361. The number of nitrogen functional groups attached to an aromatic ring is 2. The lowest BCUT2D eigenvalue weighted by molar-refractivity contribution is 1.12. The van der Waals surface area contributed by atoms with Gasteiger partial charge in [-0.3, -0.25) is 5.10 Å². The van der Waals surface area contributed by atoms with E-state index in [0.29, 0.717) is 22.8 Å². The molecule has 0 atom stereocenters. The molecule has 0 radical (unpaired) electrons. The quantitative estimate of drug-likeness (QED) is 0.494. The predicted octanol–water partition coefficient (Wildman–Crippen LogP) is 0.671. The second kappa shape index (κ2) is 2.57. The molecule has 0 aromatic carbocycles. The summed E-state index contributed by atoms with van der Waals surface area (Å²) in [5.41, 5.74) is 12.8. The normalized spacial score (nSPS) is 11.2. The molecular formula is C9H8N6. The largest absolute Gasteiger partial charge is 0.382 e. The fourth-order valence-corrected chi connectivity index (χ4v) is 1.67. The molecule has 3 heterocycles. The lowest BCUT2D eigenvalue weighted by Gasteiger charge is -2.00. The molecule has 0 aliphatic carbocycles. The molecule has 0 spiro atoms. The molecule has 74 valence electrons. The van der Waals surface area contributed by atoms with E-state index in [9.17, 15) is 0 Å². The van der Waals surface area contributed by atoms with Gasteiger partial charge in [0.1, 0.15) is 5.52 Å². The third-order valence-electron chi connectivity index (χ3n) is 2.33. The number of H-pyrrole nitrogens is 1. The maximum absolute atomic E-state index is 5.76. The standard InChI is InChI=1S/C9H8N6/c10-7-5-4-2-1-3-12-9(4)13-8(11)6(5)14-15-7/h1-3H,(H3,10,14,15)(H2,11,12,13). The summed E-state index contributed by atoms with van der Waals surface area (Å²) < 4.78 is 0. The first kappa shape index (κ1) is 7.98. The molecule has 0 aliphatic heterocycles. The molecular weight excluding hydrogens is 192 g/mol. The average Bonchev–Trinajstić information content (AvgIpc) is 2.62. The Bertz CT molecular complexity index is 656. The zero-order chi connectivity index (χ0) is 10.4. The van der Waals surface area contributed by atoms with Gasteiger partial charge in [-0.1, -0.05) is 0 Å². The Morgan fingerprint density at radius 2 is 2.07 bits per heavy atom. The van der Waals surface area contributed by atoms with Gasteiger partial charge in [-0.05, 0) is 12.1 Å². The number of nitrogens with zero attached hydrogens (tertiary/aromatic N) is 3. The van der Waals surface area contributed by atoms with Gasteiger partial charge in [0.25, 0.3) is 0 Å². The number of anilines is 2. The van der Waals surface area contributed by atoms with Crippen LogP contribution in [0.15, 0.2) is 18.3 Å². The summed E-state index contributed by atoms with van der Waals surface area (Å²) in [5, 5.41) is 8.31. The van der Waals surface area contributed by atoms with Crippen molar-refractivity contribution in [3.8, 4) is 0 Å². The molecule has 0 aliphatic rings. The third-order valence-corrected chi connectivity index (χ3v) is 2.33. The zero-order valence-electron chi connectivity index (χ0n) is 7.73. The molecule has 3 aromatic heterocycles. The van der Waals surface area contributed by atoms with E-state index in [-0.39, 0.29) is 0 Å². The molecule has 0 saturated carbocycles. The highest BCUT2D eigenvalue weighted by Gasteiger charge is 2.11. The number of aromatic amines is 1. The molecule has 0 unspecified atom stereocenters. The first-order chi connectivity index (χ1) is 7.27. The monoisotopic (exact) mass is 200 g/mol. The molecule has 5 N–H and O–H groups in total. The third kappa shape index (κ3) is 0.954. The Morgan fingerprint density at radius 1 is 1.20 bits per heavy atom. The van der Waals surface area contributed by atoms with Crippen molar-refractivity contribution < 1.29 is 0 Å². The highest BCUT2D eigenvalue weighted by molar-refractivity contribution is 6.11. The van der Waals surface area contributed by atoms with Crippen molar-refractivity contribution >= 4 is 33.6 Å². The first-order valence-corrected chi connectivity index (χ1v) is 4.41. The summed E-state index contributed by atoms with van der Waals surface area (Å²) >= 11 is 0. The number of aromatic nitrogens is 4. The summed E-state index contributed by atoms with van der Waals surface area (Å²) in [6.45, 7) is 0. The number of nitrogens with two attached hydrogens (primary N) is 2. The van der Waals surface area contributed by atoms with E-state index in [1.54, 1.807) is 6.20 Å². The second-order valence-corrected chi connectivity index (χ2v) is 3.23. The van der Waals surface area contributed by atoms with Gasteiger partial charge in [-0.25, -0.2) is 9.97 Å².